The third kappa shape index (κ3) is 33.2. The first-order valence-corrected chi connectivity index (χ1v) is 16.9. The molecule has 270 valence electrons. The van der Waals surface area contributed by atoms with Crippen molar-refractivity contribution in [1.82, 2.24) is 0 Å². The van der Waals surface area contributed by atoms with E-state index < -0.39 is 0 Å². The molecule has 2 atom stereocenters. The summed E-state index contributed by atoms with van der Waals surface area (Å²) >= 11 is 0. The summed E-state index contributed by atoms with van der Waals surface area (Å²) in [5, 5.41) is 0. The summed E-state index contributed by atoms with van der Waals surface area (Å²) in [7, 11) is 0. The van der Waals surface area contributed by atoms with E-state index in [2.05, 4.69) is 13.8 Å². The molecule has 2 unspecified atom stereocenters. The van der Waals surface area contributed by atoms with Gasteiger partial charge in [0.2, 0.25) is 0 Å². The molecular formula is C32H64O13. The molecule has 0 radical (unpaired) electrons. The quantitative estimate of drug-likeness (QED) is 0.0913. The molecule has 0 saturated carbocycles. The second kappa shape index (κ2) is 36.3. The molecule has 1 aliphatic rings. The van der Waals surface area contributed by atoms with Gasteiger partial charge in [-0.25, -0.2) is 0 Å². The van der Waals surface area contributed by atoms with Crippen LogP contribution in [0.15, 0.2) is 0 Å². The Hall–Kier alpha value is -0.520. The average Bonchev–Trinajstić information content (AvgIpc) is 3.06. The Balaban J connectivity index is 1.60. The smallest absolute Gasteiger partial charge is 0.157 e. The van der Waals surface area contributed by atoms with Gasteiger partial charge in [-0.1, -0.05) is 20.3 Å². The van der Waals surface area contributed by atoms with Gasteiger partial charge in [0.15, 0.2) is 6.29 Å². The maximum atomic E-state index is 5.61. The van der Waals surface area contributed by atoms with E-state index >= 15 is 0 Å². The van der Waals surface area contributed by atoms with E-state index in [-0.39, 0.29) is 6.29 Å². The van der Waals surface area contributed by atoms with Crippen LogP contribution in [0, 0.1) is 5.92 Å². The molecule has 0 aromatic heterocycles. The fourth-order valence-electron chi connectivity index (χ4n) is 3.68. The average molecular weight is 657 g/mol. The summed E-state index contributed by atoms with van der Waals surface area (Å²) in [5.74, 6) is 0.598. The van der Waals surface area contributed by atoms with Crippen LogP contribution in [-0.4, -0.2) is 165 Å². The SMILES string of the molecule is CCC(C)COCCOCCOCCOCCOCCOCCOCCOCCOCCOCCOCCOC1CCCCO1. The Labute approximate surface area is 272 Å². The van der Waals surface area contributed by atoms with Crippen molar-refractivity contribution in [2.45, 2.75) is 45.8 Å². The predicted octanol–water partition coefficient (Wildman–Crippen LogP) is 2.76. The molecular weight excluding hydrogens is 592 g/mol. The van der Waals surface area contributed by atoms with Crippen LogP contribution < -0.4 is 0 Å². The van der Waals surface area contributed by atoms with Crippen LogP contribution in [0.1, 0.15) is 39.5 Å². The molecule has 45 heavy (non-hydrogen) atoms. The van der Waals surface area contributed by atoms with E-state index in [9.17, 15) is 0 Å². The minimum Gasteiger partial charge on any atom is -0.379 e. The standard InChI is InChI=1S/C32H64O13/c1-3-31(2)30-43-27-26-41-23-22-39-19-18-37-15-14-35-11-10-33-8-9-34-12-13-36-16-17-38-20-21-40-24-25-42-28-29-45-32-6-4-5-7-44-32/h31-32H,3-30H2,1-2H3. The first-order valence-electron chi connectivity index (χ1n) is 16.9. The van der Waals surface area contributed by atoms with Crippen molar-refractivity contribution in [3.8, 4) is 0 Å². The van der Waals surface area contributed by atoms with E-state index in [1.165, 1.54) is 6.42 Å². The van der Waals surface area contributed by atoms with E-state index in [1.807, 2.05) is 0 Å². The van der Waals surface area contributed by atoms with E-state index in [1.54, 1.807) is 0 Å². The van der Waals surface area contributed by atoms with Gasteiger partial charge >= 0.3 is 0 Å². The fourth-order valence-corrected chi connectivity index (χ4v) is 3.68. The highest BCUT2D eigenvalue weighted by Gasteiger charge is 2.13. The lowest BCUT2D eigenvalue weighted by Gasteiger charge is -2.22. The van der Waals surface area contributed by atoms with Crippen molar-refractivity contribution < 1.29 is 61.6 Å². The summed E-state index contributed by atoms with van der Waals surface area (Å²) in [6, 6.07) is 0. The van der Waals surface area contributed by atoms with Gasteiger partial charge in [-0.2, -0.15) is 0 Å². The molecule has 0 N–H and O–H groups in total. The van der Waals surface area contributed by atoms with Gasteiger partial charge in [0, 0.05) is 13.2 Å². The molecule has 1 saturated heterocycles. The second-order valence-electron chi connectivity index (χ2n) is 10.4. The van der Waals surface area contributed by atoms with Crippen molar-refractivity contribution in [2.75, 3.05) is 159 Å². The van der Waals surface area contributed by atoms with Crippen molar-refractivity contribution in [3.63, 3.8) is 0 Å². The van der Waals surface area contributed by atoms with Gasteiger partial charge in [-0.3, -0.25) is 0 Å². The Bertz CT molecular complexity index is 555. The van der Waals surface area contributed by atoms with Crippen LogP contribution in [0.4, 0.5) is 0 Å². The fraction of sp³-hybridized carbons (Fsp3) is 1.00. The normalized spacial score (nSPS) is 16.0. The molecule has 1 fully saturated rings. The van der Waals surface area contributed by atoms with Gasteiger partial charge in [0.25, 0.3) is 0 Å². The van der Waals surface area contributed by atoms with E-state index in [0.29, 0.717) is 151 Å². The third-order valence-corrected chi connectivity index (χ3v) is 6.49. The molecule has 1 rings (SSSR count). The zero-order chi connectivity index (χ0) is 32.1. The summed E-state index contributed by atoms with van der Waals surface area (Å²) in [4.78, 5) is 0. The molecule has 0 aliphatic carbocycles. The van der Waals surface area contributed by atoms with Gasteiger partial charge in [0.1, 0.15) is 0 Å². The summed E-state index contributed by atoms with van der Waals surface area (Å²) in [6.45, 7) is 17.8. The third-order valence-electron chi connectivity index (χ3n) is 6.49. The van der Waals surface area contributed by atoms with Crippen LogP contribution in [-0.2, 0) is 61.6 Å². The number of rotatable bonds is 37. The molecule has 0 aromatic carbocycles. The van der Waals surface area contributed by atoms with E-state index in [4.69, 9.17) is 61.6 Å². The Morgan fingerprint density at radius 1 is 0.444 bits per heavy atom. The zero-order valence-electron chi connectivity index (χ0n) is 28.3. The van der Waals surface area contributed by atoms with Crippen molar-refractivity contribution >= 4 is 0 Å². The predicted molar refractivity (Wildman–Crippen MR) is 168 cm³/mol. The molecule has 0 amide bonds. The topological polar surface area (TPSA) is 120 Å². The number of hydrogen-bond acceptors (Lipinski definition) is 13. The number of hydrogen-bond donors (Lipinski definition) is 0. The molecule has 13 nitrogen and oxygen atoms in total. The minimum absolute atomic E-state index is 0.0640. The summed E-state index contributed by atoms with van der Waals surface area (Å²) in [6.07, 6.45) is 4.33. The molecule has 13 heteroatoms. The maximum absolute atomic E-state index is 5.61. The summed E-state index contributed by atoms with van der Waals surface area (Å²) < 4.78 is 71.5. The summed E-state index contributed by atoms with van der Waals surface area (Å²) in [5.41, 5.74) is 0. The van der Waals surface area contributed by atoms with Crippen LogP contribution in [0.3, 0.4) is 0 Å². The van der Waals surface area contributed by atoms with Crippen LogP contribution in [0.5, 0.6) is 0 Å². The Kier molecular flexibility index (Phi) is 34.3. The minimum atomic E-state index is -0.0640. The van der Waals surface area contributed by atoms with Crippen molar-refractivity contribution in [1.29, 1.82) is 0 Å². The van der Waals surface area contributed by atoms with Crippen molar-refractivity contribution in [2.24, 2.45) is 5.92 Å². The van der Waals surface area contributed by atoms with Gasteiger partial charge in [-0.15, -0.1) is 0 Å². The molecule has 0 spiro atoms. The molecule has 0 aromatic rings. The Morgan fingerprint density at radius 3 is 1.04 bits per heavy atom. The maximum Gasteiger partial charge on any atom is 0.157 e. The highest BCUT2D eigenvalue weighted by atomic mass is 16.7. The highest BCUT2D eigenvalue weighted by molar-refractivity contribution is 4.53. The lowest BCUT2D eigenvalue weighted by atomic mass is 10.1. The molecule has 0 bridgehead atoms. The first kappa shape index (κ1) is 42.5. The van der Waals surface area contributed by atoms with Crippen LogP contribution in [0.25, 0.3) is 0 Å². The van der Waals surface area contributed by atoms with Gasteiger partial charge in [0.05, 0.1) is 145 Å². The largest absolute Gasteiger partial charge is 0.379 e. The van der Waals surface area contributed by atoms with Crippen LogP contribution >= 0.6 is 0 Å². The molecule has 1 heterocycles. The van der Waals surface area contributed by atoms with E-state index in [0.717, 1.165) is 32.5 Å². The zero-order valence-corrected chi connectivity index (χ0v) is 28.3. The second-order valence-corrected chi connectivity index (χ2v) is 10.4. The van der Waals surface area contributed by atoms with Crippen LogP contribution in [0.2, 0.25) is 0 Å². The Morgan fingerprint density at radius 2 is 0.756 bits per heavy atom. The monoisotopic (exact) mass is 656 g/mol. The highest BCUT2D eigenvalue weighted by Crippen LogP contribution is 2.13. The lowest BCUT2D eigenvalue weighted by Crippen LogP contribution is -2.24. The van der Waals surface area contributed by atoms with Gasteiger partial charge < -0.3 is 61.6 Å². The first-order chi connectivity index (χ1) is 22.3. The number of ether oxygens (including phenoxy) is 13. The lowest BCUT2D eigenvalue weighted by molar-refractivity contribution is -0.169. The van der Waals surface area contributed by atoms with Gasteiger partial charge in [-0.05, 0) is 25.2 Å². The van der Waals surface area contributed by atoms with Crippen molar-refractivity contribution in [3.05, 3.63) is 0 Å². The molecule has 1 aliphatic heterocycles.